The van der Waals surface area contributed by atoms with E-state index in [2.05, 4.69) is 15.2 Å². The second-order valence-corrected chi connectivity index (χ2v) is 10.5. The molecule has 208 valence electrons. The molecule has 1 aromatic carbocycles. The fourth-order valence-corrected chi connectivity index (χ4v) is 5.57. The van der Waals surface area contributed by atoms with E-state index in [0.717, 1.165) is 25.9 Å². The van der Waals surface area contributed by atoms with Crippen molar-refractivity contribution in [1.29, 1.82) is 0 Å². The second kappa shape index (κ2) is 10.4. The molecular weight excluding hydrogens is 506 g/mol. The van der Waals surface area contributed by atoms with Gasteiger partial charge < -0.3 is 15.1 Å². The number of halogens is 2. The third kappa shape index (κ3) is 5.53. The van der Waals surface area contributed by atoms with Gasteiger partial charge in [-0.05, 0) is 37.2 Å². The normalized spacial score (nSPS) is 19.4. The predicted molar refractivity (Wildman–Crippen MR) is 147 cm³/mol. The second-order valence-electron chi connectivity index (χ2n) is 10.5. The maximum absolute atomic E-state index is 13.8. The first-order valence-corrected chi connectivity index (χ1v) is 13.7. The molecule has 1 N–H and O–H groups in total. The van der Waals surface area contributed by atoms with Gasteiger partial charge in [0.2, 0.25) is 0 Å². The van der Waals surface area contributed by atoms with Crippen molar-refractivity contribution in [3.63, 3.8) is 0 Å². The van der Waals surface area contributed by atoms with E-state index >= 15 is 0 Å². The van der Waals surface area contributed by atoms with Gasteiger partial charge in [0, 0.05) is 81.4 Å². The van der Waals surface area contributed by atoms with Gasteiger partial charge >= 0.3 is 0 Å². The van der Waals surface area contributed by atoms with Gasteiger partial charge in [-0.3, -0.25) is 19.3 Å². The van der Waals surface area contributed by atoms with Gasteiger partial charge in [0.05, 0.1) is 16.2 Å². The third-order valence-corrected chi connectivity index (χ3v) is 8.12. The standard InChI is InChI=1S/C26H28F2N6O3.C2H6/c27-26(28)7-12-32(13-8-26)23-16-18(15-22-29-9-14-33(22)23)30-24(35)20-2-1-19(34(36)37)17-21(20)31-10-5-25(3-4-25)6-11-31;1-2/h1-2,9,14-17H,3-8,10-13H2,(H,30,35);1-2H3. The van der Waals surface area contributed by atoms with Crippen molar-refractivity contribution in [3.05, 3.63) is 58.4 Å². The van der Waals surface area contributed by atoms with E-state index in [9.17, 15) is 23.7 Å². The smallest absolute Gasteiger partial charge is 0.271 e. The molecule has 2 saturated heterocycles. The van der Waals surface area contributed by atoms with Crippen molar-refractivity contribution in [2.75, 3.05) is 41.3 Å². The zero-order chi connectivity index (χ0) is 27.8. The van der Waals surface area contributed by atoms with Gasteiger partial charge in [0.25, 0.3) is 17.5 Å². The minimum Gasteiger partial charge on any atom is -0.371 e. The lowest BCUT2D eigenvalue weighted by Gasteiger charge is -2.34. The van der Waals surface area contributed by atoms with Crippen LogP contribution in [0.2, 0.25) is 0 Å². The molecule has 2 aliphatic heterocycles. The number of anilines is 3. The average molecular weight is 541 g/mol. The summed E-state index contributed by atoms with van der Waals surface area (Å²) in [6.07, 6.45) is 7.43. The number of piperidine rings is 2. The maximum atomic E-state index is 13.8. The van der Waals surface area contributed by atoms with E-state index < -0.39 is 10.8 Å². The average Bonchev–Trinajstić information content (AvgIpc) is 3.51. The van der Waals surface area contributed by atoms with Crippen LogP contribution in [0.5, 0.6) is 0 Å². The molecule has 1 amide bonds. The van der Waals surface area contributed by atoms with Gasteiger partial charge in [-0.25, -0.2) is 13.8 Å². The summed E-state index contributed by atoms with van der Waals surface area (Å²) in [5.41, 5.74) is 2.35. The number of pyridine rings is 1. The number of rotatable bonds is 5. The largest absolute Gasteiger partial charge is 0.371 e. The third-order valence-electron chi connectivity index (χ3n) is 8.12. The van der Waals surface area contributed by atoms with Crippen molar-refractivity contribution >= 4 is 34.4 Å². The highest BCUT2D eigenvalue weighted by atomic mass is 19.3. The molecule has 1 aliphatic carbocycles. The summed E-state index contributed by atoms with van der Waals surface area (Å²) in [6.45, 7) is 5.90. The van der Waals surface area contributed by atoms with Gasteiger partial charge in [0.1, 0.15) is 11.5 Å². The molecule has 0 radical (unpaired) electrons. The molecule has 39 heavy (non-hydrogen) atoms. The number of hydrogen-bond acceptors (Lipinski definition) is 6. The first kappa shape index (κ1) is 26.8. The highest BCUT2D eigenvalue weighted by Gasteiger charge is 2.44. The van der Waals surface area contributed by atoms with E-state index in [4.69, 9.17) is 0 Å². The van der Waals surface area contributed by atoms with Crippen molar-refractivity contribution in [2.24, 2.45) is 5.41 Å². The Labute approximate surface area is 226 Å². The molecule has 11 heteroatoms. The monoisotopic (exact) mass is 540 g/mol. The number of nitro groups is 1. The van der Waals surface area contributed by atoms with Crippen LogP contribution in [0.25, 0.3) is 5.65 Å². The first-order chi connectivity index (χ1) is 18.7. The Hall–Kier alpha value is -3.76. The molecule has 0 atom stereocenters. The number of carbonyl (C=O) groups excluding carboxylic acids is 1. The molecular formula is C28H34F2N6O3. The first-order valence-electron chi connectivity index (χ1n) is 13.7. The van der Waals surface area contributed by atoms with Crippen molar-refractivity contribution in [1.82, 2.24) is 9.38 Å². The minimum absolute atomic E-state index is 0.0544. The topological polar surface area (TPSA) is 96.0 Å². The van der Waals surface area contributed by atoms with Crippen LogP contribution in [0.4, 0.5) is 31.7 Å². The van der Waals surface area contributed by atoms with Crippen molar-refractivity contribution in [2.45, 2.75) is 58.3 Å². The highest BCUT2D eigenvalue weighted by molar-refractivity contribution is 6.08. The Morgan fingerprint density at radius 3 is 2.28 bits per heavy atom. The van der Waals surface area contributed by atoms with Crippen molar-refractivity contribution in [3.8, 4) is 0 Å². The van der Waals surface area contributed by atoms with Gasteiger partial charge in [-0.2, -0.15) is 0 Å². The number of benzene rings is 1. The van der Waals surface area contributed by atoms with Crippen LogP contribution in [0.15, 0.2) is 42.7 Å². The summed E-state index contributed by atoms with van der Waals surface area (Å²) in [5, 5.41) is 14.4. The molecule has 0 unspecified atom stereocenters. The Morgan fingerprint density at radius 1 is 0.974 bits per heavy atom. The van der Waals surface area contributed by atoms with Crippen LogP contribution < -0.4 is 15.1 Å². The summed E-state index contributed by atoms with van der Waals surface area (Å²) in [4.78, 5) is 32.8. The highest BCUT2D eigenvalue weighted by Crippen LogP contribution is 2.54. The van der Waals surface area contributed by atoms with E-state index in [1.165, 1.54) is 31.0 Å². The lowest BCUT2D eigenvalue weighted by atomic mass is 9.93. The predicted octanol–water partition coefficient (Wildman–Crippen LogP) is 6.14. The van der Waals surface area contributed by atoms with Crippen LogP contribution in [-0.4, -0.2) is 52.3 Å². The Balaban J connectivity index is 0.00000151. The summed E-state index contributed by atoms with van der Waals surface area (Å²) < 4.78 is 29.3. The number of imidazole rings is 1. The summed E-state index contributed by atoms with van der Waals surface area (Å²) in [6, 6.07) is 7.83. The lowest BCUT2D eigenvalue weighted by molar-refractivity contribution is -0.384. The SMILES string of the molecule is CC.O=C(Nc1cc(N2CCC(F)(F)CC2)n2ccnc2c1)c1ccc([N+](=O)[O-])cc1N1CCC2(CC1)CC2. The number of carbonyl (C=O) groups is 1. The molecule has 1 spiro atoms. The Bertz CT molecular complexity index is 1370. The minimum atomic E-state index is -2.67. The molecule has 3 aromatic rings. The van der Waals surface area contributed by atoms with E-state index in [0.29, 0.717) is 33.8 Å². The number of aromatic nitrogens is 2. The molecule has 9 nitrogen and oxygen atoms in total. The number of fused-ring (bicyclic) bond motifs is 1. The molecule has 2 aromatic heterocycles. The van der Waals surface area contributed by atoms with Gasteiger partial charge in [-0.15, -0.1) is 0 Å². The molecule has 1 saturated carbocycles. The maximum Gasteiger partial charge on any atom is 0.271 e. The quantitative estimate of drug-likeness (QED) is 0.309. The number of hydrogen-bond donors (Lipinski definition) is 1. The number of non-ortho nitro benzene ring substituents is 1. The van der Waals surface area contributed by atoms with Gasteiger partial charge in [-0.1, -0.05) is 13.8 Å². The summed E-state index contributed by atoms with van der Waals surface area (Å²) >= 11 is 0. The molecule has 0 bridgehead atoms. The number of nitrogens with one attached hydrogen (secondary N) is 1. The lowest BCUT2D eigenvalue weighted by Crippen LogP contribution is -2.40. The van der Waals surface area contributed by atoms with Gasteiger partial charge in [0.15, 0.2) is 0 Å². The van der Waals surface area contributed by atoms with Crippen molar-refractivity contribution < 1.29 is 18.5 Å². The van der Waals surface area contributed by atoms with E-state index in [-0.39, 0.29) is 37.5 Å². The number of alkyl halides is 2. The molecule has 6 rings (SSSR count). The number of nitrogens with zero attached hydrogens (tertiary/aromatic N) is 5. The van der Waals surface area contributed by atoms with E-state index in [1.54, 1.807) is 24.5 Å². The fourth-order valence-electron chi connectivity index (χ4n) is 5.57. The Morgan fingerprint density at radius 2 is 1.64 bits per heavy atom. The summed E-state index contributed by atoms with van der Waals surface area (Å²) in [5.74, 6) is -2.38. The zero-order valence-corrected chi connectivity index (χ0v) is 22.3. The van der Waals surface area contributed by atoms with Crippen LogP contribution in [0.3, 0.4) is 0 Å². The zero-order valence-electron chi connectivity index (χ0n) is 22.3. The van der Waals surface area contributed by atoms with Crippen LogP contribution in [-0.2, 0) is 0 Å². The van der Waals surface area contributed by atoms with Crippen LogP contribution in [0, 0.1) is 15.5 Å². The molecule has 3 aliphatic rings. The molecule has 3 fully saturated rings. The molecule has 4 heterocycles. The van der Waals surface area contributed by atoms with E-state index in [1.807, 2.05) is 23.1 Å². The summed E-state index contributed by atoms with van der Waals surface area (Å²) in [7, 11) is 0. The number of nitro benzene ring substituents is 1. The Kier molecular flexibility index (Phi) is 7.17. The van der Waals surface area contributed by atoms with Crippen LogP contribution >= 0.6 is 0 Å². The fraction of sp³-hybridized carbons (Fsp3) is 0.500. The van der Waals surface area contributed by atoms with Crippen LogP contribution in [0.1, 0.15) is 62.7 Å². The number of amides is 1.